The summed E-state index contributed by atoms with van der Waals surface area (Å²) in [6.45, 7) is 1.34. The Morgan fingerprint density at radius 1 is 1.29 bits per heavy atom. The molecule has 0 spiro atoms. The first kappa shape index (κ1) is 14.6. The van der Waals surface area contributed by atoms with Crippen LogP contribution in [0.25, 0.3) is 0 Å². The van der Waals surface area contributed by atoms with Gasteiger partial charge in [0.25, 0.3) is 5.88 Å². The summed E-state index contributed by atoms with van der Waals surface area (Å²) in [5.74, 6) is 0.671. The summed E-state index contributed by atoms with van der Waals surface area (Å²) in [6, 6.07) is 7.89. The maximum absolute atomic E-state index is 11.5. The maximum Gasteiger partial charge on any atom is 0.331 e. The third kappa shape index (κ3) is 2.86. The van der Waals surface area contributed by atoms with Gasteiger partial charge in [-0.1, -0.05) is 6.07 Å². The predicted octanol–water partition coefficient (Wildman–Crippen LogP) is 2.94. The second kappa shape index (κ2) is 5.66. The molecule has 0 unspecified atom stereocenters. The standard InChI is InChI=1S/C14H14N2O5/c1-9(17)12-8-13(16(18)19)14(15(12)2)21-11-6-4-5-10(7-11)20-3/h4-8H,1-3H3. The topological polar surface area (TPSA) is 83.6 Å². The summed E-state index contributed by atoms with van der Waals surface area (Å²) in [5.41, 5.74) is -0.0508. The van der Waals surface area contributed by atoms with Gasteiger partial charge in [-0.15, -0.1) is 0 Å². The number of ether oxygens (including phenoxy) is 2. The zero-order valence-electron chi connectivity index (χ0n) is 11.8. The molecule has 0 N–H and O–H groups in total. The van der Waals surface area contributed by atoms with Gasteiger partial charge in [0.05, 0.1) is 17.7 Å². The van der Waals surface area contributed by atoms with E-state index in [9.17, 15) is 14.9 Å². The number of carbonyl (C=O) groups is 1. The highest BCUT2D eigenvalue weighted by Crippen LogP contribution is 2.35. The number of carbonyl (C=O) groups excluding carboxylic acids is 1. The van der Waals surface area contributed by atoms with Crippen LogP contribution in [-0.2, 0) is 7.05 Å². The lowest BCUT2D eigenvalue weighted by Gasteiger charge is -2.08. The van der Waals surface area contributed by atoms with E-state index in [0.29, 0.717) is 11.5 Å². The van der Waals surface area contributed by atoms with Gasteiger partial charge in [0, 0.05) is 26.1 Å². The van der Waals surface area contributed by atoms with Crippen molar-refractivity contribution in [3.05, 3.63) is 46.1 Å². The molecule has 0 fully saturated rings. The molecule has 7 nitrogen and oxygen atoms in total. The number of aromatic nitrogens is 1. The Morgan fingerprint density at radius 3 is 2.52 bits per heavy atom. The first-order chi connectivity index (χ1) is 9.93. The van der Waals surface area contributed by atoms with Gasteiger partial charge in [0.15, 0.2) is 5.78 Å². The molecule has 0 amide bonds. The third-order valence-corrected chi connectivity index (χ3v) is 2.97. The fraction of sp³-hybridized carbons (Fsp3) is 0.214. The summed E-state index contributed by atoms with van der Waals surface area (Å²) >= 11 is 0. The minimum atomic E-state index is -0.581. The van der Waals surface area contributed by atoms with Crippen molar-refractivity contribution >= 4 is 11.5 Å². The fourth-order valence-electron chi connectivity index (χ4n) is 1.93. The normalized spacial score (nSPS) is 10.2. The van der Waals surface area contributed by atoms with Crippen molar-refractivity contribution in [2.45, 2.75) is 6.92 Å². The molecule has 1 heterocycles. The Kier molecular flexibility index (Phi) is 3.93. The molecule has 110 valence electrons. The highest BCUT2D eigenvalue weighted by atomic mass is 16.6. The van der Waals surface area contributed by atoms with E-state index in [1.165, 1.54) is 24.7 Å². The molecule has 7 heteroatoms. The highest BCUT2D eigenvalue weighted by Gasteiger charge is 2.25. The van der Waals surface area contributed by atoms with Crippen molar-refractivity contribution in [3.63, 3.8) is 0 Å². The van der Waals surface area contributed by atoms with Gasteiger partial charge >= 0.3 is 5.69 Å². The Balaban J connectivity index is 2.47. The second-order valence-electron chi connectivity index (χ2n) is 4.37. The lowest BCUT2D eigenvalue weighted by molar-refractivity contribution is -0.385. The van der Waals surface area contributed by atoms with Gasteiger partial charge < -0.3 is 14.0 Å². The van der Waals surface area contributed by atoms with Crippen LogP contribution in [0.2, 0.25) is 0 Å². The van der Waals surface area contributed by atoms with Crippen LogP contribution >= 0.6 is 0 Å². The number of benzene rings is 1. The van der Waals surface area contributed by atoms with Crippen molar-refractivity contribution in [2.24, 2.45) is 7.05 Å². The van der Waals surface area contributed by atoms with Gasteiger partial charge in [0.1, 0.15) is 11.5 Å². The number of methoxy groups -OCH3 is 1. The molecule has 1 aromatic carbocycles. The van der Waals surface area contributed by atoms with Crippen LogP contribution in [0.1, 0.15) is 17.4 Å². The average Bonchev–Trinajstić information content (AvgIpc) is 2.77. The lowest BCUT2D eigenvalue weighted by Crippen LogP contribution is -2.03. The van der Waals surface area contributed by atoms with E-state index in [1.54, 1.807) is 31.3 Å². The molecule has 0 aliphatic heterocycles. The van der Waals surface area contributed by atoms with Crippen LogP contribution in [0.5, 0.6) is 17.4 Å². The minimum absolute atomic E-state index is 0.00143. The van der Waals surface area contributed by atoms with Crippen molar-refractivity contribution < 1.29 is 19.2 Å². The molecule has 2 aromatic rings. The van der Waals surface area contributed by atoms with Crippen molar-refractivity contribution in [1.82, 2.24) is 4.57 Å². The zero-order chi connectivity index (χ0) is 15.6. The molecule has 0 atom stereocenters. The van der Waals surface area contributed by atoms with E-state index in [4.69, 9.17) is 9.47 Å². The Labute approximate surface area is 120 Å². The van der Waals surface area contributed by atoms with Crippen molar-refractivity contribution in [1.29, 1.82) is 0 Å². The summed E-state index contributed by atoms with van der Waals surface area (Å²) in [4.78, 5) is 22.0. The Morgan fingerprint density at radius 2 is 1.95 bits per heavy atom. The van der Waals surface area contributed by atoms with Gasteiger partial charge in [-0.25, -0.2) is 0 Å². The van der Waals surface area contributed by atoms with Crippen LogP contribution in [-0.4, -0.2) is 22.4 Å². The number of nitrogens with zero attached hydrogens (tertiary/aromatic N) is 2. The molecule has 0 saturated heterocycles. The molecule has 2 rings (SSSR count). The number of ketones is 1. The van der Waals surface area contributed by atoms with E-state index >= 15 is 0 Å². The summed E-state index contributed by atoms with van der Waals surface area (Å²) in [7, 11) is 3.05. The summed E-state index contributed by atoms with van der Waals surface area (Å²) < 4.78 is 12.0. The monoisotopic (exact) mass is 290 g/mol. The quantitative estimate of drug-likeness (QED) is 0.480. The van der Waals surface area contributed by atoms with Gasteiger partial charge in [0.2, 0.25) is 0 Å². The molecule has 0 aliphatic rings. The van der Waals surface area contributed by atoms with E-state index in [2.05, 4.69) is 0 Å². The molecule has 0 bridgehead atoms. The lowest BCUT2D eigenvalue weighted by atomic mass is 10.3. The first-order valence-corrected chi connectivity index (χ1v) is 6.11. The molecule has 0 saturated carbocycles. The van der Waals surface area contributed by atoms with Crippen LogP contribution < -0.4 is 9.47 Å². The zero-order valence-corrected chi connectivity index (χ0v) is 11.8. The minimum Gasteiger partial charge on any atom is -0.497 e. The van der Waals surface area contributed by atoms with Crippen LogP contribution in [0.3, 0.4) is 0 Å². The number of Topliss-reactive ketones (excluding diaryl/α,β-unsaturated/α-hetero) is 1. The molecular weight excluding hydrogens is 276 g/mol. The first-order valence-electron chi connectivity index (χ1n) is 6.11. The molecule has 1 aromatic heterocycles. The molecular formula is C14H14N2O5. The van der Waals surface area contributed by atoms with Gasteiger partial charge in [-0.05, 0) is 12.1 Å². The van der Waals surface area contributed by atoms with Crippen molar-refractivity contribution in [3.8, 4) is 17.4 Å². The van der Waals surface area contributed by atoms with E-state index in [0.717, 1.165) is 0 Å². The number of hydrogen-bond donors (Lipinski definition) is 0. The number of nitro groups is 1. The van der Waals surface area contributed by atoms with E-state index < -0.39 is 4.92 Å². The maximum atomic E-state index is 11.5. The van der Waals surface area contributed by atoms with E-state index in [-0.39, 0.29) is 23.0 Å². The van der Waals surface area contributed by atoms with E-state index in [1.807, 2.05) is 0 Å². The van der Waals surface area contributed by atoms with Crippen LogP contribution in [0.4, 0.5) is 5.69 Å². The SMILES string of the molecule is COc1cccc(Oc2c([N+](=O)[O-])cc(C(C)=O)n2C)c1. The molecule has 21 heavy (non-hydrogen) atoms. The fourth-order valence-corrected chi connectivity index (χ4v) is 1.93. The molecule has 0 radical (unpaired) electrons. The Bertz CT molecular complexity index is 705. The summed E-state index contributed by atoms with van der Waals surface area (Å²) in [6.07, 6.45) is 0. The third-order valence-electron chi connectivity index (χ3n) is 2.97. The smallest absolute Gasteiger partial charge is 0.331 e. The average molecular weight is 290 g/mol. The Hall–Kier alpha value is -2.83. The molecule has 0 aliphatic carbocycles. The highest BCUT2D eigenvalue weighted by molar-refractivity contribution is 5.94. The second-order valence-corrected chi connectivity index (χ2v) is 4.37. The summed E-state index contributed by atoms with van der Waals surface area (Å²) in [5, 5.41) is 11.1. The number of rotatable bonds is 5. The van der Waals surface area contributed by atoms with Crippen LogP contribution in [0, 0.1) is 10.1 Å². The van der Waals surface area contributed by atoms with Crippen LogP contribution in [0.15, 0.2) is 30.3 Å². The largest absolute Gasteiger partial charge is 0.497 e. The number of hydrogen-bond acceptors (Lipinski definition) is 5. The van der Waals surface area contributed by atoms with Crippen molar-refractivity contribution in [2.75, 3.05) is 7.11 Å². The van der Waals surface area contributed by atoms with Gasteiger partial charge in [-0.2, -0.15) is 0 Å². The van der Waals surface area contributed by atoms with Gasteiger partial charge in [-0.3, -0.25) is 14.9 Å². The predicted molar refractivity (Wildman–Crippen MR) is 75.1 cm³/mol.